The minimum absolute atomic E-state index is 0.332. The van der Waals surface area contributed by atoms with E-state index >= 15 is 0 Å². The topological polar surface area (TPSA) is 30.5 Å². The summed E-state index contributed by atoms with van der Waals surface area (Å²) in [4.78, 5) is 1.51. The third-order valence-electron chi connectivity index (χ3n) is 4.96. The summed E-state index contributed by atoms with van der Waals surface area (Å²) < 4.78 is 11.3. The molecule has 1 saturated heterocycles. The second-order valence-electron chi connectivity index (χ2n) is 6.49. The predicted octanol–water partition coefficient (Wildman–Crippen LogP) is 3.10. The van der Waals surface area contributed by atoms with Crippen LogP contribution in [0.15, 0.2) is 17.5 Å². The summed E-state index contributed by atoms with van der Waals surface area (Å²) in [6.45, 7) is 3.74. The van der Waals surface area contributed by atoms with Gasteiger partial charge in [-0.05, 0) is 49.5 Å². The van der Waals surface area contributed by atoms with Crippen LogP contribution in [0.5, 0.6) is 0 Å². The Morgan fingerprint density at radius 3 is 3.10 bits per heavy atom. The fraction of sp³-hybridized carbons (Fsp3) is 0.765. The molecule has 0 aromatic carbocycles. The minimum Gasteiger partial charge on any atom is -0.383 e. The van der Waals surface area contributed by atoms with Crippen LogP contribution in [-0.4, -0.2) is 39.5 Å². The van der Waals surface area contributed by atoms with Gasteiger partial charge in [-0.15, -0.1) is 11.3 Å². The number of nitrogens with one attached hydrogen (secondary N) is 1. The lowest BCUT2D eigenvalue weighted by Gasteiger charge is -2.35. The van der Waals surface area contributed by atoms with E-state index in [2.05, 4.69) is 22.8 Å². The molecule has 2 atom stereocenters. The molecule has 0 amide bonds. The van der Waals surface area contributed by atoms with Crippen LogP contribution in [0.1, 0.15) is 30.6 Å². The third-order valence-corrected chi connectivity index (χ3v) is 5.90. The molecule has 1 aromatic rings. The summed E-state index contributed by atoms with van der Waals surface area (Å²) in [5.74, 6) is 0.820. The van der Waals surface area contributed by atoms with Crippen molar-refractivity contribution in [1.82, 2.24) is 5.32 Å². The first-order chi connectivity index (χ1) is 10.3. The number of ether oxygens (including phenoxy) is 2. The van der Waals surface area contributed by atoms with Gasteiger partial charge in [0.05, 0.1) is 12.7 Å². The van der Waals surface area contributed by atoms with Crippen LogP contribution in [0.3, 0.4) is 0 Å². The van der Waals surface area contributed by atoms with Gasteiger partial charge in [0.2, 0.25) is 0 Å². The van der Waals surface area contributed by atoms with E-state index in [1.807, 2.05) is 11.3 Å². The van der Waals surface area contributed by atoms with Gasteiger partial charge in [0.25, 0.3) is 0 Å². The first-order valence-corrected chi connectivity index (χ1v) is 9.06. The van der Waals surface area contributed by atoms with Gasteiger partial charge in [-0.25, -0.2) is 0 Å². The maximum absolute atomic E-state index is 6.15. The highest BCUT2D eigenvalue weighted by Gasteiger charge is 2.50. The lowest BCUT2D eigenvalue weighted by Crippen LogP contribution is -2.43. The van der Waals surface area contributed by atoms with Crippen molar-refractivity contribution in [2.75, 3.05) is 33.4 Å². The van der Waals surface area contributed by atoms with E-state index in [1.54, 1.807) is 7.11 Å². The van der Waals surface area contributed by atoms with Gasteiger partial charge in [0.15, 0.2) is 0 Å². The highest BCUT2D eigenvalue weighted by molar-refractivity contribution is 7.09. The molecule has 2 aliphatic rings. The molecule has 3 nitrogen and oxygen atoms in total. The Bertz CT molecular complexity index is 418. The van der Waals surface area contributed by atoms with Crippen LogP contribution in [-0.2, 0) is 15.9 Å². The van der Waals surface area contributed by atoms with Crippen molar-refractivity contribution < 1.29 is 9.47 Å². The lowest BCUT2D eigenvalue weighted by molar-refractivity contribution is 0.0261. The molecule has 0 radical (unpaired) electrons. The Labute approximate surface area is 132 Å². The minimum atomic E-state index is 0.332. The lowest BCUT2D eigenvalue weighted by atomic mass is 9.75. The fourth-order valence-electron chi connectivity index (χ4n) is 3.63. The van der Waals surface area contributed by atoms with Gasteiger partial charge in [-0.3, -0.25) is 0 Å². The van der Waals surface area contributed by atoms with Crippen molar-refractivity contribution in [3.8, 4) is 0 Å². The molecule has 21 heavy (non-hydrogen) atoms. The van der Waals surface area contributed by atoms with E-state index in [0.29, 0.717) is 11.5 Å². The van der Waals surface area contributed by atoms with Gasteiger partial charge in [-0.2, -0.15) is 0 Å². The van der Waals surface area contributed by atoms with Crippen molar-refractivity contribution >= 4 is 11.3 Å². The second-order valence-corrected chi connectivity index (χ2v) is 7.52. The van der Waals surface area contributed by atoms with Crippen molar-refractivity contribution in [3.05, 3.63) is 22.4 Å². The summed E-state index contributed by atoms with van der Waals surface area (Å²) in [6, 6.07) is 4.42. The number of hydrogen-bond acceptors (Lipinski definition) is 4. The first-order valence-electron chi connectivity index (χ1n) is 8.18. The Morgan fingerprint density at radius 2 is 2.38 bits per heavy atom. The molecule has 1 aliphatic carbocycles. The molecular formula is C17H27NO2S. The Morgan fingerprint density at radius 1 is 1.48 bits per heavy atom. The van der Waals surface area contributed by atoms with Crippen LogP contribution >= 0.6 is 11.3 Å². The van der Waals surface area contributed by atoms with Crippen LogP contribution in [0, 0.1) is 11.3 Å². The SMILES string of the molecule is COCCNCC1(CCc2cccs2)CCOC1C1CC1. The molecule has 0 bridgehead atoms. The molecule has 118 valence electrons. The van der Waals surface area contributed by atoms with Gasteiger partial charge in [0, 0.05) is 37.1 Å². The van der Waals surface area contributed by atoms with E-state index in [0.717, 1.165) is 32.2 Å². The van der Waals surface area contributed by atoms with Crippen molar-refractivity contribution in [3.63, 3.8) is 0 Å². The third kappa shape index (κ3) is 3.86. The van der Waals surface area contributed by atoms with Gasteiger partial charge < -0.3 is 14.8 Å². The molecule has 2 fully saturated rings. The highest BCUT2D eigenvalue weighted by atomic mass is 32.1. The maximum Gasteiger partial charge on any atom is 0.0672 e. The summed E-state index contributed by atoms with van der Waals surface area (Å²) >= 11 is 1.88. The molecule has 2 heterocycles. The summed E-state index contributed by atoms with van der Waals surface area (Å²) in [7, 11) is 1.76. The molecule has 1 aromatic heterocycles. The maximum atomic E-state index is 6.15. The van der Waals surface area contributed by atoms with Crippen LogP contribution in [0.4, 0.5) is 0 Å². The fourth-order valence-corrected chi connectivity index (χ4v) is 4.34. The molecule has 0 spiro atoms. The van der Waals surface area contributed by atoms with Crippen molar-refractivity contribution in [2.24, 2.45) is 11.3 Å². The average molecular weight is 309 g/mol. The van der Waals surface area contributed by atoms with Crippen molar-refractivity contribution in [1.29, 1.82) is 0 Å². The zero-order valence-corrected chi connectivity index (χ0v) is 13.8. The predicted molar refractivity (Wildman–Crippen MR) is 86.9 cm³/mol. The summed E-state index contributed by atoms with van der Waals surface area (Å²) in [5.41, 5.74) is 0.332. The number of thiophene rings is 1. The van der Waals surface area contributed by atoms with E-state index in [9.17, 15) is 0 Å². The largest absolute Gasteiger partial charge is 0.383 e. The Kier molecular flexibility index (Phi) is 5.33. The van der Waals surface area contributed by atoms with E-state index in [1.165, 1.54) is 37.0 Å². The molecule has 1 saturated carbocycles. The van der Waals surface area contributed by atoms with E-state index in [-0.39, 0.29) is 0 Å². The quantitative estimate of drug-likeness (QED) is 0.711. The molecular weight excluding hydrogens is 282 g/mol. The first kappa shape index (κ1) is 15.5. The number of methoxy groups -OCH3 is 1. The van der Waals surface area contributed by atoms with Crippen LogP contribution < -0.4 is 5.32 Å². The van der Waals surface area contributed by atoms with E-state index < -0.39 is 0 Å². The van der Waals surface area contributed by atoms with Gasteiger partial charge in [-0.1, -0.05) is 6.07 Å². The molecule has 2 unspecified atom stereocenters. The van der Waals surface area contributed by atoms with Crippen LogP contribution in [0.2, 0.25) is 0 Å². The zero-order chi connectivity index (χ0) is 14.5. The molecule has 1 N–H and O–H groups in total. The highest BCUT2D eigenvalue weighted by Crippen LogP contribution is 2.49. The monoisotopic (exact) mass is 309 g/mol. The Balaban J connectivity index is 1.61. The van der Waals surface area contributed by atoms with Gasteiger partial charge in [0.1, 0.15) is 0 Å². The zero-order valence-electron chi connectivity index (χ0n) is 13.0. The summed E-state index contributed by atoms with van der Waals surface area (Å²) in [6.07, 6.45) is 6.85. The standard InChI is InChI=1S/C17H27NO2S/c1-19-11-9-18-13-17(7-6-15-3-2-12-21-15)8-10-20-16(17)14-4-5-14/h2-3,12,14,16,18H,4-11,13H2,1H3. The smallest absolute Gasteiger partial charge is 0.0672 e. The normalized spacial score (nSPS) is 29.1. The number of hydrogen-bond donors (Lipinski definition) is 1. The number of rotatable bonds is 9. The Hall–Kier alpha value is -0.420. The average Bonchev–Trinajstić information content (AvgIpc) is 3.04. The number of aryl methyl sites for hydroxylation is 1. The molecule has 4 heteroatoms. The molecule has 1 aliphatic heterocycles. The van der Waals surface area contributed by atoms with Crippen molar-refractivity contribution in [2.45, 2.75) is 38.2 Å². The summed E-state index contributed by atoms with van der Waals surface area (Å²) in [5, 5.41) is 5.79. The van der Waals surface area contributed by atoms with E-state index in [4.69, 9.17) is 9.47 Å². The molecule has 3 rings (SSSR count). The van der Waals surface area contributed by atoms with Crippen LogP contribution in [0.25, 0.3) is 0 Å². The second kappa shape index (κ2) is 7.23. The van der Waals surface area contributed by atoms with Gasteiger partial charge >= 0.3 is 0 Å².